The Morgan fingerprint density at radius 2 is 1.77 bits per heavy atom. The van der Waals surface area contributed by atoms with Gasteiger partial charge in [0.05, 0.1) is 0 Å². The molecule has 0 aromatic rings. The monoisotopic (exact) mass is 336 g/mol. The van der Waals surface area contributed by atoms with Crippen LogP contribution < -0.4 is 0 Å². The summed E-state index contributed by atoms with van der Waals surface area (Å²) in [4.78, 5) is 14.2. The first kappa shape index (κ1) is 19.9. The average molecular weight is 338 g/mol. The Morgan fingerprint density at radius 3 is 2.00 bits per heavy atom. The maximum atomic E-state index is 8.70. The van der Waals surface area contributed by atoms with Crippen molar-refractivity contribution >= 4 is 8.25 Å². The van der Waals surface area contributed by atoms with Gasteiger partial charge in [-0.15, -0.1) is 9.79 Å². The summed E-state index contributed by atoms with van der Waals surface area (Å²) in [5.41, 5.74) is 0. The molecule has 13 heavy (non-hydrogen) atoms. The second-order valence-corrected chi connectivity index (χ2v) is 3.17. The molecule has 1 unspecified atom stereocenters. The molecule has 0 spiro atoms. The van der Waals surface area contributed by atoms with Gasteiger partial charge in [-0.3, -0.25) is 0 Å². The number of hydrogen-bond donors (Lipinski definition) is 2. The Balaban J connectivity index is -0.000000173. The van der Waals surface area contributed by atoms with Gasteiger partial charge in [0.25, 0.3) is 0 Å². The summed E-state index contributed by atoms with van der Waals surface area (Å²) in [6.07, 6.45) is 5.21. The van der Waals surface area contributed by atoms with E-state index in [4.69, 9.17) is 14.4 Å². The fourth-order valence-corrected chi connectivity index (χ4v) is 0.697. The largest absolute Gasteiger partial charge is 0.692 e. The molecule has 0 aliphatic carbocycles. The third kappa shape index (κ3) is 31.8. The summed E-state index contributed by atoms with van der Waals surface area (Å²) >= 11 is 0. The van der Waals surface area contributed by atoms with Crippen molar-refractivity contribution < 1.29 is 55.2 Å². The van der Waals surface area contributed by atoms with Crippen molar-refractivity contribution in [3.63, 3.8) is 0 Å². The Morgan fingerprint density at radius 1 is 1.38 bits per heavy atom. The van der Waals surface area contributed by atoms with E-state index in [1.165, 1.54) is 25.7 Å². The van der Waals surface area contributed by atoms with Crippen molar-refractivity contribution in [2.45, 2.75) is 39.5 Å². The van der Waals surface area contributed by atoms with Crippen LogP contribution in [-0.2, 0) is 4.57 Å². The molecule has 0 aromatic carbocycles. The van der Waals surface area contributed by atoms with Crippen molar-refractivity contribution in [3.05, 3.63) is 6.92 Å². The Kier molecular flexibility index (Phi) is 24.2. The van der Waals surface area contributed by atoms with E-state index in [2.05, 4.69) is 20.8 Å². The topological polar surface area (TPSA) is 57.5 Å². The van der Waals surface area contributed by atoms with Crippen molar-refractivity contribution in [2.24, 2.45) is 5.92 Å². The van der Waals surface area contributed by atoms with E-state index in [0.717, 1.165) is 0 Å². The molecule has 0 rings (SSSR count). The molecule has 0 radical (unpaired) electrons. The van der Waals surface area contributed by atoms with Gasteiger partial charge in [0, 0.05) is 45.4 Å². The van der Waals surface area contributed by atoms with Crippen LogP contribution in [-0.4, -0.2) is 9.79 Å². The van der Waals surface area contributed by atoms with Gasteiger partial charge in [0.2, 0.25) is 0 Å². The molecule has 0 aromatic heterocycles. The third-order valence-electron chi connectivity index (χ3n) is 1.54. The first-order chi connectivity index (χ1) is 5.54. The van der Waals surface area contributed by atoms with Crippen molar-refractivity contribution in [1.29, 1.82) is 0 Å². The van der Waals surface area contributed by atoms with Crippen molar-refractivity contribution in [1.82, 2.24) is 0 Å². The zero-order chi connectivity index (χ0) is 9.98. The van der Waals surface area contributed by atoms with E-state index in [0.29, 0.717) is 5.92 Å². The van der Waals surface area contributed by atoms with Gasteiger partial charge in [-0.1, -0.05) is 39.5 Å². The third-order valence-corrected chi connectivity index (χ3v) is 1.54. The van der Waals surface area contributed by atoms with Crippen LogP contribution in [0.15, 0.2) is 0 Å². The molecule has 0 aliphatic rings. The molecule has 1 atom stereocenters. The van der Waals surface area contributed by atoms with Gasteiger partial charge >= 0.3 is 8.25 Å². The number of unbranched alkanes of at least 4 members (excludes halogenated alkanes) is 1. The normalized spacial score (nSPS) is 10.5. The summed E-state index contributed by atoms with van der Waals surface area (Å²) in [5.74, 6) is 0.704. The van der Waals surface area contributed by atoms with Crippen LogP contribution in [0.25, 0.3) is 0 Å². The molecule has 3 nitrogen and oxygen atoms in total. The standard InChI is InChI=1S/C8H17.Nd.HO3P/c1-4-6-7-8(3)5-2;;1-4(2)3/h8H,3-7H2,1-2H3;;(H-,1,2,3)/q-1;;/p+1. The Hall–Kier alpha value is 1.37. The van der Waals surface area contributed by atoms with E-state index in [9.17, 15) is 0 Å². The fraction of sp³-hybridized carbons (Fsp3) is 0.875. The molecule has 2 N–H and O–H groups in total. The summed E-state index contributed by atoms with van der Waals surface area (Å²) in [6.45, 7) is 8.42. The molecule has 0 fully saturated rings. The molecule has 0 saturated carbocycles. The predicted molar refractivity (Wildman–Crippen MR) is 50.7 cm³/mol. The Labute approximate surface area is 115 Å². The van der Waals surface area contributed by atoms with Gasteiger partial charge in [0.15, 0.2) is 0 Å². The quantitative estimate of drug-likeness (QED) is 0.612. The van der Waals surface area contributed by atoms with E-state index >= 15 is 0 Å². The minimum Gasteiger partial charge on any atom is -0.340 e. The van der Waals surface area contributed by atoms with Crippen LogP contribution in [0.5, 0.6) is 0 Å². The summed E-state index contributed by atoms with van der Waals surface area (Å²) in [5, 5.41) is 0. The van der Waals surface area contributed by atoms with Gasteiger partial charge < -0.3 is 6.92 Å². The average Bonchev–Trinajstić information content (AvgIpc) is 1.99. The van der Waals surface area contributed by atoms with E-state index in [1.807, 2.05) is 0 Å². The zero-order valence-corrected chi connectivity index (χ0v) is 12.5. The van der Waals surface area contributed by atoms with Crippen molar-refractivity contribution in [2.75, 3.05) is 0 Å². The molecular formula is C8H19NdO3P. The van der Waals surface area contributed by atoms with Crippen LogP contribution in [0.2, 0.25) is 0 Å². The molecule has 0 saturated heterocycles. The summed E-state index contributed by atoms with van der Waals surface area (Å²) < 4.78 is 8.70. The smallest absolute Gasteiger partial charge is 0.340 e. The van der Waals surface area contributed by atoms with Gasteiger partial charge in [-0.25, -0.2) is 0 Å². The van der Waals surface area contributed by atoms with Crippen LogP contribution in [0, 0.1) is 53.7 Å². The summed E-state index contributed by atoms with van der Waals surface area (Å²) in [6, 6.07) is 0. The van der Waals surface area contributed by atoms with E-state index in [-0.39, 0.29) is 40.8 Å². The second kappa shape index (κ2) is 15.8. The predicted octanol–water partition coefficient (Wildman–Crippen LogP) is 2.67. The summed E-state index contributed by atoms with van der Waals surface area (Å²) in [7, 11) is -2.87. The molecule has 0 bridgehead atoms. The zero-order valence-electron chi connectivity index (χ0n) is 8.36. The van der Waals surface area contributed by atoms with Gasteiger partial charge in [0.1, 0.15) is 0 Å². The maximum Gasteiger partial charge on any atom is 0.692 e. The SMILES string of the molecule is O=[P+](O)O.[CH2-]C(CC)CCCC.[Nd]. The first-order valence-electron chi connectivity index (χ1n) is 4.22. The Bertz CT molecular complexity index is 108. The second-order valence-electron chi connectivity index (χ2n) is 2.67. The van der Waals surface area contributed by atoms with Gasteiger partial charge in [-0.2, -0.15) is 5.92 Å². The molecular weight excluding hydrogens is 319 g/mol. The molecule has 0 heterocycles. The molecule has 0 aliphatic heterocycles. The van der Waals surface area contributed by atoms with Crippen LogP contribution in [0.3, 0.4) is 0 Å². The van der Waals surface area contributed by atoms with Gasteiger partial charge in [-0.05, 0) is 0 Å². The number of rotatable bonds is 4. The van der Waals surface area contributed by atoms with E-state index < -0.39 is 8.25 Å². The number of hydrogen-bond acceptors (Lipinski definition) is 1. The van der Waals surface area contributed by atoms with Crippen LogP contribution in [0.4, 0.5) is 0 Å². The van der Waals surface area contributed by atoms with Crippen LogP contribution in [0.1, 0.15) is 39.5 Å². The minimum absolute atomic E-state index is 0. The van der Waals surface area contributed by atoms with E-state index in [1.54, 1.807) is 0 Å². The first-order valence-corrected chi connectivity index (χ1v) is 5.39. The maximum absolute atomic E-state index is 8.70. The molecule has 0 amide bonds. The van der Waals surface area contributed by atoms with Crippen molar-refractivity contribution in [3.8, 4) is 0 Å². The minimum atomic E-state index is -2.87. The van der Waals surface area contributed by atoms with Crippen LogP contribution >= 0.6 is 8.25 Å². The molecule has 78 valence electrons. The fourth-order valence-electron chi connectivity index (χ4n) is 0.697. The molecule has 5 heteroatoms.